The highest BCUT2D eigenvalue weighted by atomic mass is 16.5. The third-order valence-electron chi connectivity index (χ3n) is 2.96. The molecule has 0 amide bonds. The highest BCUT2D eigenvalue weighted by Crippen LogP contribution is 2.09. The van der Waals surface area contributed by atoms with Crippen LogP contribution in [0, 0.1) is 0 Å². The van der Waals surface area contributed by atoms with Gasteiger partial charge in [-0.2, -0.15) is 5.10 Å². The fraction of sp³-hybridized carbons (Fsp3) is 0.727. The molecule has 1 aromatic rings. The van der Waals surface area contributed by atoms with Gasteiger partial charge >= 0.3 is 0 Å². The molecule has 16 heavy (non-hydrogen) atoms. The van der Waals surface area contributed by atoms with Gasteiger partial charge in [0.15, 0.2) is 0 Å². The lowest BCUT2D eigenvalue weighted by atomic mass is 10.2. The second-order valence-electron chi connectivity index (χ2n) is 4.23. The van der Waals surface area contributed by atoms with E-state index in [1.807, 2.05) is 25.0 Å². The third-order valence-corrected chi connectivity index (χ3v) is 2.96. The summed E-state index contributed by atoms with van der Waals surface area (Å²) < 4.78 is 7.60. The predicted molar refractivity (Wildman–Crippen MR) is 62.2 cm³/mol. The van der Waals surface area contributed by atoms with Crippen LogP contribution in [0.2, 0.25) is 0 Å². The zero-order valence-corrected chi connectivity index (χ0v) is 10.0. The molecule has 1 unspecified atom stereocenters. The third kappa shape index (κ3) is 2.81. The molecular formula is C11H20N4O. The van der Waals surface area contributed by atoms with Gasteiger partial charge in [0.25, 0.3) is 0 Å². The van der Waals surface area contributed by atoms with Crippen molar-refractivity contribution >= 4 is 0 Å². The average molecular weight is 224 g/mol. The Bertz CT molecular complexity index is 324. The van der Waals surface area contributed by atoms with E-state index in [-0.39, 0.29) is 0 Å². The van der Waals surface area contributed by atoms with E-state index >= 15 is 0 Å². The van der Waals surface area contributed by atoms with Gasteiger partial charge in [-0.05, 0) is 13.1 Å². The van der Waals surface area contributed by atoms with E-state index in [9.17, 15) is 0 Å². The number of aromatic nitrogens is 2. The van der Waals surface area contributed by atoms with Crippen LogP contribution in [-0.4, -0.2) is 54.1 Å². The van der Waals surface area contributed by atoms with Gasteiger partial charge in [0.1, 0.15) is 0 Å². The smallest absolute Gasteiger partial charge is 0.0826 e. The number of ether oxygens (including phenoxy) is 1. The van der Waals surface area contributed by atoms with E-state index in [4.69, 9.17) is 4.74 Å². The second kappa shape index (κ2) is 5.43. The summed E-state index contributed by atoms with van der Waals surface area (Å²) in [5.74, 6) is 0. The predicted octanol–water partition coefficient (Wildman–Crippen LogP) is -0.160. The Labute approximate surface area is 96.4 Å². The van der Waals surface area contributed by atoms with Crippen molar-refractivity contribution in [3.63, 3.8) is 0 Å². The van der Waals surface area contributed by atoms with Crippen molar-refractivity contribution in [3.05, 3.63) is 18.0 Å². The maximum absolute atomic E-state index is 5.67. The van der Waals surface area contributed by atoms with E-state index in [1.165, 1.54) is 5.69 Å². The van der Waals surface area contributed by atoms with Crippen LogP contribution in [0.15, 0.2) is 12.3 Å². The molecule has 5 heteroatoms. The molecule has 0 aromatic carbocycles. The Kier molecular flexibility index (Phi) is 3.93. The van der Waals surface area contributed by atoms with Crippen molar-refractivity contribution in [1.29, 1.82) is 0 Å². The Balaban J connectivity index is 1.88. The standard InChI is InChI=1S/C11H20N4O/c1-12-7-11-9-15(5-6-16-11)8-10-3-4-13-14(10)2/h3-4,11-12H,5-9H2,1-2H3. The summed E-state index contributed by atoms with van der Waals surface area (Å²) in [5.41, 5.74) is 1.25. The zero-order chi connectivity index (χ0) is 11.4. The molecule has 90 valence electrons. The van der Waals surface area contributed by atoms with Crippen molar-refractivity contribution in [3.8, 4) is 0 Å². The molecule has 1 atom stereocenters. The SMILES string of the molecule is CNCC1CN(Cc2ccnn2C)CCO1. The number of aryl methyl sites for hydroxylation is 1. The molecule has 0 radical (unpaired) electrons. The maximum atomic E-state index is 5.67. The summed E-state index contributed by atoms with van der Waals surface area (Å²) in [6.45, 7) is 4.70. The normalized spacial score (nSPS) is 22.5. The van der Waals surface area contributed by atoms with Crippen LogP contribution in [0.5, 0.6) is 0 Å². The molecule has 1 saturated heterocycles. The number of hydrogen-bond donors (Lipinski definition) is 1. The molecule has 0 saturated carbocycles. The summed E-state index contributed by atoms with van der Waals surface area (Å²) in [4.78, 5) is 2.42. The molecule has 2 heterocycles. The number of morpholine rings is 1. The second-order valence-corrected chi connectivity index (χ2v) is 4.23. The summed E-state index contributed by atoms with van der Waals surface area (Å²) in [7, 11) is 3.95. The Morgan fingerprint density at radius 2 is 2.50 bits per heavy atom. The fourth-order valence-corrected chi connectivity index (χ4v) is 2.06. The van der Waals surface area contributed by atoms with Crippen molar-refractivity contribution in [2.24, 2.45) is 7.05 Å². The number of likely N-dealkylation sites (N-methyl/N-ethyl adjacent to an activating group) is 1. The van der Waals surface area contributed by atoms with Crippen molar-refractivity contribution in [2.45, 2.75) is 12.6 Å². The van der Waals surface area contributed by atoms with Gasteiger partial charge < -0.3 is 10.1 Å². The van der Waals surface area contributed by atoms with Gasteiger partial charge in [-0.3, -0.25) is 9.58 Å². The van der Waals surface area contributed by atoms with Crippen molar-refractivity contribution in [1.82, 2.24) is 20.0 Å². The van der Waals surface area contributed by atoms with Crippen LogP contribution in [0.25, 0.3) is 0 Å². The Morgan fingerprint density at radius 3 is 3.19 bits per heavy atom. The van der Waals surface area contributed by atoms with E-state index in [0.717, 1.165) is 32.8 Å². The van der Waals surface area contributed by atoms with E-state index < -0.39 is 0 Å². The first-order valence-electron chi connectivity index (χ1n) is 5.75. The molecule has 1 aliphatic rings. The fourth-order valence-electron chi connectivity index (χ4n) is 2.06. The van der Waals surface area contributed by atoms with Gasteiger partial charge in [-0.15, -0.1) is 0 Å². The maximum Gasteiger partial charge on any atom is 0.0826 e. The molecule has 0 bridgehead atoms. The van der Waals surface area contributed by atoms with Gasteiger partial charge in [0.05, 0.1) is 18.4 Å². The van der Waals surface area contributed by atoms with Crippen LogP contribution < -0.4 is 5.32 Å². The quantitative estimate of drug-likeness (QED) is 0.772. The first kappa shape index (κ1) is 11.6. The molecule has 1 N–H and O–H groups in total. The minimum absolute atomic E-state index is 0.312. The molecule has 1 aliphatic heterocycles. The number of hydrogen-bond acceptors (Lipinski definition) is 4. The molecule has 1 aromatic heterocycles. The monoisotopic (exact) mass is 224 g/mol. The lowest BCUT2D eigenvalue weighted by Gasteiger charge is -2.32. The summed E-state index contributed by atoms with van der Waals surface area (Å²) >= 11 is 0. The average Bonchev–Trinajstić information content (AvgIpc) is 2.66. The molecule has 2 rings (SSSR count). The van der Waals surface area contributed by atoms with Gasteiger partial charge in [-0.1, -0.05) is 0 Å². The van der Waals surface area contributed by atoms with Crippen LogP contribution in [0.4, 0.5) is 0 Å². The molecule has 5 nitrogen and oxygen atoms in total. The molecule has 0 spiro atoms. The van der Waals surface area contributed by atoms with Gasteiger partial charge in [0.2, 0.25) is 0 Å². The molecule has 0 aliphatic carbocycles. The minimum atomic E-state index is 0.312. The molecular weight excluding hydrogens is 204 g/mol. The highest BCUT2D eigenvalue weighted by molar-refractivity contribution is 5.00. The summed E-state index contributed by atoms with van der Waals surface area (Å²) in [5, 5.41) is 7.34. The topological polar surface area (TPSA) is 42.3 Å². The van der Waals surface area contributed by atoms with Crippen LogP contribution in [-0.2, 0) is 18.3 Å². The Hall–Kier alpha value is -0.910. The first-order valence-corrected chi connectivity index (χ1v) is 5.75. The van der Waals surface area contributed by atoms with Gasteiger partial charge in [0, 0.05) is 39.4 Å². The highest BCUT2D eigenvalue weighted by Gasteiger charge is 2.20. The van der Waals surface area contributed by atoms with E-state index in [2.05, 4.69) is 21.4 Å². The first-order chi connectivity index (χ1) is 7.79. The lowest BCUT2D eigenvalue weighted by Crippen LogP contribution is -2.45. The van der Waals surface area contributed by atoms with E-state index in [0.29, 0.717) is 6.10 Å². The van der Waals surface area contributed by atoms with Crippen LogP contribution in [0.1, 0.15) is 5.69 Å². The number of rotatable bonds is 4. The van der Waals surface area contributed by atoms with Crippen molar-refractivity contribution < 1.29 is 4.74 Å². The molecule has 1 fully saturated rings. The number of nitrogens with zero attached hydrogens (tertiary/aromatic N) is 3. The van der Waals surface area contributed by atoms with E-state index in [1.54, 1.807) is 0 Å². The van der Waals surface area contributed by atoms with Crippen LogP contribution >= 0.6 is 0 Å². The largest absolute Gasteiger partial charge is 0.374 e. The van der Waals surface area contributed by atoms with Crippen molar-refractivity contribution in [2.75, 3.05) is 33.3 Å². The summed E-state index contributed by atoms with van der Waals surface area (Å²) in [6.07, 6.45) is 2.16. The Morgan fingerprint density at radius 1 is 1.62 bits per heavy atom. The van der Waals surface area contributed by atoms with Gasteiger partial charge in [-0.25, -0.2) is 0 Å². The minimum Gasteiger partial charge on any atom is -0.374 e. The summed E-state index contributed by atoms with van der Waals surface area (Å²) in [6, 6.07) is 2.07. The zero-order valence-electron chi connectivity index (χ0n) is 10.0. The van der Waals surface area contributed by atoms with Crippen LogP contribution in [0.3, 0.4) is 0 Å². The lowest BCUT2D eigenvalue weighted by molar-refractivity contribution is -0.0298. The number of nitrogens with one attached hydrogen (secondary N) is 1.